The van der Waals surface area contributed by atoms with Crippen LogP contribution in [0, 0.1) is 0 Å². The molecule has 0 radical (unpaired) electrons. The molecule has 0 fully saturated rings. The maximum atomic E-state index is 4.10. The van der Waals surface area contributed by atoms with Gasteiger partial charge in [0.05, 0.1) is 0 Å². The van der Waals surface area contributed by atoms with E-state index in [1.165, 1.54) is 31.2 Å². The average molecular weight is 206 g/mol. The van der Waals surface area contributed by atoms with Gasteiger partial charge in [0, 0.05) is 25.0 Å². The summed E-state index contributed by atoms with van der Waals surface area (Å²) < 4.78 is 0. The molecule has 15 heavy (non-hydrogen) atoms. The summed E-state index contributed by atoms with van der Waals surface area (Å²) in [5.74, 6) is 0. The van der Waals surface area contributed by atoms with Crippen LogP contribution in [0.4, 0.5) is 0 Å². The van der Waals surface area contributed by atoms with Crippen LogP contribution >= 0.6 is 0 Å². The first kappa shape index (κ1) is 12.2. The topological polar surface area (TPSA) is 24.9 Å². The van der Waals surface area contributed by atoms with Crippen LogP contribution in [0.15, 0.2) is 24.5 Å². The number of pyridine rings is 1. The van der Waals surface area contributed by atoms with Gasteiger partial charge in [0.15, 0.2) is 0 Å². The molecule has 1 heterocycles. The van der Waals surface area contributed by atoms with E-state index < -0.39 is 0 Å². The standard InChI is InChI=1S/C13H22N2/c1-3-4-5-7-12(2)15-11-13-8-6-9-14-10-13/h6,8-10,12,15H,3-5,7,11H2,1-2H3. The number of nitrogens with one attached hydrogen (secondary N) is 1. The summed E-state index contributed by atoms with van der Waals surface area (Å²) in [6, 6.07) is 4.70. The molecule has 0 saturated carbocycles. The van der Waals surface area contributed by atoms with Gasteiger partial charge in [-0.05, 0) is 25.0 Å². The van der Waals surface area contributed by atoms with Gasteiger partial charge < -0.3 is 5.32 Å². The van der Waals surface area contributed by atoms with E-state index in [-0.39, 0.29) is 0 Å². The Kier molecular flexibility index (Phi) is 6.02. The summed E-state index contributed by atoms with van der Waals surface area (Å²) in [6.45, 7) is 5.43. The molecule has 0 saturated heterocycles. The van der Waals surface area contributed by atoms with E-state index in [1.807, 2.05) is 18.5 Å². The molecule has 1 aromatic rings. The number of rotatable bonds is 7. The second-order valence-corrected chi connectivity index (χ2v) is 4.14. The Hall–Kier alpha value is -0.890. The minimum Gasteiger partial charge on any atom is -0.310 e. The minimum absolute atomic E-state index is 0.608. The lowest BCUT2D eigenvalue weighted by atomic mass is 10.1. The normalized spacial score (nSPS) is 12.7. The smallest absolute Gasteiger partial charge is 0.0312 e. The van der Waals surface area contributed by atoms with Crippen molar-refractivity contribution in [3.63, 3.8) is 0 Å². The second kappa shape index (κ2) is 7.41. The van der Waals surface area contributed by atoms with E-state index in [1.54, 1.807) is 0 Å². The van der Waals surface area contributed by atoms with Crippen LogP contribution in [0.1, 0.15) is 45.1 Å². The van der Waals surface area contributed by atoms with Crippen molar-refractivity contribution in [2.45, 2.75) is 52.1 Å². The van der Waals surface area contributed by atoms with E-state index in [4.69, 9.17) is 0 Å². The van der Waals surface area contributed by atoms with Crippen molar-refractivity contribution in [2.75, 3.05) is 0 Å². The Morgan fingerprint density at radius 3 is 2.93 bits per heavy atom. The maximum absolute atomic E-state index is 4.10. The highest BCUT2D eigenvalue weighted by atomic mass is 14.9. The lowest BCUT2D eigenvalue weighted by molar-refractivity contribution is 0.487. The molecule has 1 N–H and O–H groups in total. The molecule has 1 rings (SSSR count). The van der Waals surface area contributed by atoms with Gasteiger partial charge in [-0.15, -0.1) is 0 Å². The lowest BCUT2D eigenvalue weighted by Gasteiger charge is -2.13. The SMILES string of the molecule is CCCCCC(C)NCc1cccnc1. The fourth-order valence-corrected chi connectivity index (χ4v) is 1.60. The monoisotopic (exact) mass is 206 g/mol. The van der Waals surface area contributed by atoms with Gasteiger partial charge in [-0.2, -0.15) is 0 Å². The van der Waals surface area contributed by atoms with Crippen molar-refractivity contribution in [1.82, 2.24) is 10.3 Å². The molecule has 0 aliphatic rings. The third-order valence-corrected chi connectivity index (χ3v) is 2.62. The fourth-order valence-electron chi connectivity index (χ4n) is 1.60. The zero-order chi connectivity index (χ0) is 10.9. The van der Waals surface area contributed by atoms with Crippen LogP contribution in [-0.4, -0.2) is 11.0 Å². The molecule has 2 heteroatoms. The minimum atomic E-state index is 0.608. The van der Waals surface area contributed by atoms with E-state index in [0.717, 1.165) is 6.54 Å². The maximum Gasteiger partial charge on any atom is 0.0312 e. The van der Waals surface area contributed by atoms with E-state index in [2.05, 4.69) is 30.2 Å². The van der Waals surface area contributed by atoms with Gasteiger partial charge in [0.2, 0.25) is 0 Å². The van der Waals surface area contributed by atoms with Gasteiger partial charge in [0.1, 0.15) is 0 Å². The molecular weight excluding hydrogens is 184 g/mol. The van der Waals surface area contributed by atoms with Crippen LogP contribution < -0.4 is 5.32 Å². The predicted molar refractivity (Wildman–Crippen MR) is 64.7 cm³/mol. The summed E-state index contributed by atoms with van der Waals surface area (Å²) in [4.78, 5) is 4.10. The van der Waals surface area contributed by atoms with Crippen LogP contribution in [-0.2, 0) is 6.54 Å². The Morgan fingerprint density at radius 1 is 1.40 bits per heavy atom. The van der Waals surface area contributed by atoms with Crippen LogP contribution in [0.5, 0.6) is 0 Å². The third-order valence-electron chi connectivity index (χ3n) is 2.62. The molecule has 0 aromatic carbocycles. The molecular formula is C13H22N2. The Balaban J connectivity index is 2.14. The van der Waals surface area contributed by atoms with Gasteiger partial charge in [-0.1, -0.05) is 32.3 Å². The molecule has 0 aliphatic heterocycles. The summed E-state index contributed by atoms with van der Waals surface area (Å²) in [5, 5.41) is 3.52. The van der Waals surface area contributed by atoms with Crippen molar-refractivity contribution >= 4 is 0 Å². The average Bonchev–Trinajstić information content (AvgIpc) is 2.28. The number of aromatic nitrogens is 1. The predicted octanol–water partition coefficient (Wildman–Crippen LogP) is 3.14. The van der Waals surface area contributed by atoms with Gasteiger partial charge in [0.25, 0.3) is 0 Å². The first-order chi connectivity index (χ1) is 7.33. The molecule has 0 amide bonds. The molecule has 84 valence electrons. The third kappa shape index (κ3) is 5.53. The van der Waals surface area contributed by atoms with Crippen molar-refractivity contribution in [3.05, 3.63) is 30.1 Å². The van der Waals surface area contributed by atoms with Crippen LogP contribution in [0.25, 0.3) is 0 Å². The highest BCUT2D eigenvalue weighted by Gasteiger charge is 2.00. The quantitative estimate of drug-likeness (QED) is 0.693. The summed E-state index contributed by atoms with van der Waals surface area (Å²) in [7, 11) is 0. The second-order valence-electron chi connectivity index (χ2n) is 4.14. The highest BCUT2D eigenvalue weighted by Crippen LogP contribution is 2.04. The Morgan fingerprint density at radius 2 is 2.27 bits per heavy atom. The largest absolute Gasteiger partial charge is 0.310 e. The van der Waals surface area contributed by atoms with Crippen LogP contribution in [0.3, 0.4) is 0 Å². The molecule has 0 aliphatic carbocycles. The number of nitrogens with zero attached hydrogens (tertiary/aromatic N) is 1. The highest BCUT2D eigenvalue weighted by molar-refractivity contribution is 5.07. The zero-order valence-corrected chi connectivity index (χ0v) is 9.87. The van der Waals surface area contributed by atoms with Crippen molar-refractivity contribution in [3.8, 4) is 0 Å². The summed E-state index contributed by atoms with van der Waals surface area (Å²) in [6.07, 6.45) is 8.99. The van der Waals surface area contributed by atoms with E-state index >= 15 is 0 Å². The fraction of sp³-hybridized carbons (Fsp3) is 0.615. The van der Waals surface area contributed by atoms with Crippen molar-refractivity contribution < 1.29 is 0 Å². The molecule has 0 spiro atoms. The summed E-state index contributed by atoms with van der Waals surface area (Å²) >= 11 is 0. The molecule has 1 unspecified atom stereocenters. The van der Waals surface area contributed by atoms with E-state index in [0.29, 0.717) is 6.04 Å². The van der Waals surface area contributed by atoms with Gasteiger partial charge in [-0.3, -0.25) is 4.98 Å². The van der Waals surface area contributed by atoms with Crippen molar-refractivity contribution in [2.24, 2.45) is 0 Å². The number of unbranched alkanes of at least 4 members (excludes halogenated alkanes) is 2. The van der Waals surface area contributed by atoms with Crippen molar-refractivity contribution in [1.29, 1.82) is 0 Å². The molecule has 0 bridgehead atoms. The zero-order valence-electron chi connectivity index (χ0n) is 9.87. The lowest BCUT2D eigenvalue weighted by Crippen LogP contribution is -2.25. The van der Waals surface area contributed by atoms with Gasteiger partial charge >= 0.3 is 0 Å². The number of hydrogen-bond donors (Lipinski definition) is 1. The first-order valence-corrected chi connectivity index (χ1v) is 5.95. The Bertz CT molecular complexity index is 246. The molecule has 1 atom stereocenters. The molecule has 2 nitrogen and oxygen atoms in total. The first-order valence-electron chi connectivity index (χ1n) is 5.95. The van der Waals surface area contributed by atoms with Gasteiger partial charge in [-0.25, -0.2) is 0 Å². The Labute approximate surface area is 93.1 Å². The molecule has 1 aromatic heterocycles. The summed E-state index contributed by atoms with van der Waals surface area (Å²) in [5.41, 5.74) is 1.26. The number of hydrogen-bond acceptors (Lipinski definition) is 2. The van der Waals surface area contributed by atoms with E-state index in [9.17, 15) is 0 Å². The van der Waals surface area contributed by atoms with Crippen LogP contribution in [0.2, 0.25) is 0 Å².